The van der Waals surface area contributed by atoms with E-state index in [-0.39, 0.29) is 39.1 Å². The van der Waals surface area contributed by atoms with E-state index in [1.807, 2.05) is 6.07 Å². The molecule has 1 N–H and O–H groups in total. The van der Waals surface area contributed by atoms with Crippen LogP contribution in [0.4, 0.5) is 5.69 Å². The molecule has 0 radical (unpaired) electrons. The van der Waals surface area contributed by atoms with Gasteiger partial charge in [0.05, 0.1) is 6.61 Å². The lowest BCUT2D eigenvalue weighted by molar-refractivity contribution is 0.102. The predicted octanol–water partition coefficient (Wildman–Crippen LogP) is 4.08. The molecule has 3 aromatic rings. The lowest BCUT2D eigenvalue weighted by atomic mass is 10.1. The van der Waals surface area contributed by atoms with Gasteiger partial charge in [-0.1, -0.05) is 6.42 Å². The summed E-state index contributed by atoms with van der Waals surface area (Å²) in [5.41, 5.74) is 0.467. The second-order valence-corrected chi connectivity index (χ2v) is 9.84. The smallest absolute Gasteiger partial charge is 0.260 e. The third-order valence-corrected chi connectivity index (χ3v) is 7.60. The number of sulfonamides is 1. The summed E-state index contributed by atoms with van der Waals surface area (Å²) in [7, 11) is -3.80. The molecule has 1 fully saturated rings. The predicted molar refractivity (Wildman–Crippen MR) is 126 cm³/mol. The van der Waals surface area contributed by atoms with Crippen LogP contribution in [0.15, 0.2) is 52.0 Å². The molecule has 0 aliphatic carbocycles. The zero-order valence-corrected chi connectivity index (χ0v) is 19.9. The van der Waals surface area contributed by atoms with E-state index in [0.717, 1.165) is 19.3 Å². The molecule has 34 heavy (non-hydrogen) atoms. The maximum absolute atomic E-state index is 13.4. The average molecular weight is 483 g/mol. The molecule has 3 heterocycles. The minimum atomic E-state index is -3.80. The highest BCUT2D eigenvalue weighted by molar-refractivity contribution is 7.89. The molecule has 1 amide bonds. The fraction of sp³-hybridized carbons (Fsp3) is 0.333. The summed E-state index contributed by atoms with van der Waals surface area (Å²) in [4.78, 5) is 13.2. The van der Waals surface area contributed by atoms with Gasteiger partial charge < -0.3 is 14.5 Å². The molecule has 10 heteroatoms. The number of carbonyl (C=O) groups excluding carboxylic acids is 1. The lowest BCUT2D eigenvalue weighted by Crippen LogP contribution is -2.35. The Morgan fingerprint density at radius 1 is 1.21 bits per heavy atom. The fourth-order valence-corrected chi connectivity index (χ4v) is 5.73. The first-order valence-corrected chi connectivity index (χ1v) is 12.6. The summed E-state index contributed by atoms with van der Waals surface area (Å²) < 4.78 is 41.1. The van der Waals surface area contributed by atoms with Crippen LogP contribution in [0.25, 0.3) is 5.88 Å². The van der Waals surface area contributed by atoms with Gasteiger partial charge in [0.2, 0.25) is 15.9 Å². The van der Waals surface area contributed by atoms with Gasteiger partial charge in [0, 0.05) is 31.2 Å². The van der Waals surface area contributed by atoms with E-state index >= 15 is 0 Å². The first-order valence-electron chi connectivity index (χ1n) is 11.1. The van der Waals surface area contributed by atoms with Crippen molar-refractivity contribution in [2.24, 2.45) is 0 Å². The Hall–Kier alpha value is -3.55. The number of nitrogens with one attached hydrogen (secondary N) is 1. The van der Waals surface area contributed by atoms with Crippen LogP contribution in [-0.2, 0) is 10.0 Å². The molecule has 0 atom stereocenters. The number of nitrogens with zero attached hydrogens (tertiary/aromatic N) is 3. The van der Waals surface area contributed by atoms with Crippen molar-refractivity contribution in [2.45, 2.75) is 38.0 Å². The van der Waals surface area contributed by atoms with Gasteiger partial charge >= 0.3 is 0 Å². The minimum Gasteiger partial charge on any atom is -0.492 e. The summed E-state index contributed by atoms with van der Waals surface area (Å²) in [6, 6.07) is 10.1. The zero-order chi connectivity index (χ0) is 24.3. The Labute approximate surface area is 198 Å². The van der Waals surface area contributed by atoms with Crippen LogP contribution < -0.4 is 10.1 Å². The molecular formula is C24H26N4O5S. The van der Waals surface area contributed by atoms with Crippen molar-refractivity contribution in [3.05, 3.63) is 59.6 Å². The normalized spacial score (nSPS) is 14.5. The van der Waals surface area contributed by atoms with Gasteiger partial charge in [-0.25, -0.2) is 8.42 Å². The van der Waals surface area contributed by atoms with Gasteiger partial charge in [0.25, 0.3) is 5.91 Å². The van der Waals surface area contributed by atoms with E-state index < -0.39 is 15.9 Å². The summed E-state index contributed by atoms with van der Waals surface area (Å²) in [6.45, 7) is 4.59. The number of piperidine rings is 1. The monoisotopic (exact) mass is 482 g/mol. The highest BCUT2D eigenvalue weighted by Crippen LogP contribution is 2.32. The van der Waals surface area contributed by atoms with E-state index in [9.17, 15) is 18.5 Å². The van der Waals surface area contributed by atoms with Gasteiger partial charge in [0.15, 0.2) is 0 Å². The first-order chi connectivity index (χ1) is 16.4. The van der Waals surface area contributed by atoms with E-state index in [4.69, 9.17) is 9.15 Å². The topological polar surface area (TPSA) is 118 Å². The minimum absolute atomic E-state index is 0.00602. The fourth-order valence-electron chi connectivity index (χ4n) is 4.06. The van der Waals surface area contributed by atoms with E-state index in [1.165, 1.54) is 16.4 Å². The number of benzene rings is 1. The molecule has 0 spiro atoms. The van der Waals surface area contributed by atoms with Crippen LogP contribution >= 0.6 is 0 Å². The number of hydrogen-bond donors (Lipinski definition) is 1. The number of hydrogen-bond acceptors (Lipinski definition) is 6. The molecule has 1 aliphatic heterocycles. The van der Waals surface area contributed by atoms with Crippen molar-refractivity contribution < 1.29 is 22.4 Å². The molecule has 9 nitrogen and oxygen atoms in total. The third-order valence-electron chi connectivity index (χ3n) is 5.68. The standard InChI is InChI=1S/C24H26N4O5S/c1-3-32-20-10-9-18(15-21(20)34(30,31)28-13-5-4-6-14-28)26-23(29)22-17(2)33-24(19(22)16-25)27-11-7-8-12-27/h7-12,15H,3-6,13-14H2,1-2H3,(H,26,29). The number of aryl methyl sites for hydroxylation is 1. The van der Waals surface area contributed by atoms with Crippen LogP contribution in [0.2, 0.25) is 0 Å². The van der Waals surface area contributed by atoms with Gasteiger partial charge in [-0.15, -0.1) is 0 Å². The van der Waals surface area contributed by atoms with E-state index in [2.05, 4.69) is 5.32 Å². The van der Waals surface area contributed by atoms with E-state index in [0.29, 0.717) is 19.7 Å². The summed E-state index contributed by atoms with van der Waals surface area (Å²) in [6.07, 6.45) is 6.03. The number of amides is 1. The second kappa shape index (κ2) is 9.75. The molecule has 4 rings (SSSR count). The van der Waals surface area contributed by atoms with Crippen LogP contribution in [0.3, 0.4) is 0 Å². The number of carbonyl (C=O) groups is 1. The van der Waals surface area contributed by atoms with Crippen LogP contribution in [0.5, 0.6) is 5.75 Å². The van der Waals surface area contributed by atoms with Crippen LogP contribution in [0, 0.1) is 18.3 Å². The highest BCUT2D eigenvalue weighted by Gasteiger charge is 2.30. The van der Waals surface area contributed by atoms with Crippen molar-refractivity contribution in [2.75, 3.05) is 25.0 Å². The average Bonchev–Trinajstić information content (AvgIpc) is 3.48. The van der Waals surface area contributed by atoms with Gasteiger partial charge in [-0.05, 0) is 57.0 Å². The van der Waals surface area contributed by atoms with Crippen molar-refractivity contribution in [1.82, 2.24) is 8.87 Å². The van der Waals surface area contributed by atoms with Crippen molar-refractivity contribution in [1.29, 1.82) is 5.26 Å². The first kappa shape index (κ1) is 23.6. The highest BCUT2D eigenvalue weighted by atomic mass is 32.2. The van der Waals surface area contributed by atoms with Crippen LogP contribution in [-0.4, -0.2) is 42.9 Å². The summed E-state index contributed by atoms with van der Waals surface area (Å²) in [5.74, 6) is 0.194. The Bertz CT molecular complexity index is 1330. The molecule has 2 aromatic heterocycles. The number of rotatable bonds is 7. The summed E-state index contributed by atoms with van der Waals surface area (Å²) in [5, 5.41) is 12.4. The second-order valence-electron chi connectivity index (χ2n) is 7.93. The molecule has 1 saturated heterocycles. The number of aromatic nitrogens is 1. The summed E-state index contributed by atoms with van der Waals surface area (Å²) >= 11 is 0. The largest absolute Gasteiger partial charge is 0.492 e. The molecule has 1 aromatic carbocycles. The van der Waals surface area contributed by atoms with Crippen LogP contribution in [0.1, 0.15) is 47.9 Å². The number of furan rings is 1. The van der Waals surface area contributed by atoms with E-state index in [1.54, 1.807) is 49.0 Å². The van der Waals surface area contributed by atoms with Gasteiger partial charge in [-0.2, -0.15) is 9.57 Å². The zero-order valence-electron chi connectivity index (χ0n) is 19.1. The number of ether oxygens (including phenoxy) is 1. The molecule has 0 saturated carbocycles. The molecule has 1 aliphatic rings. The Morgan fingerprint density at radius 3 is 2.56 bits per heavy atom. The lowest BCUT2D eigenvalue weighted by Gasteiger charge is -2.27. The van der Waals surface area contributed by atoms with Crippen molar-refractivity contribution in [3.63, 3.8) is 0 Å². The SMILES string of the molecule is CCOc1ccc(NC(=O)c2c(C)oc(-n3cccc3)c2C#N)cc1S(=O)(=O)N1CCCCC1. The molecule has 0 unspecified atom stereocenters. The number of anilines is 1. The van der Waals surface area contributed by atoms with Gasteiger partial charge in [-0.3, -0.25) is 9.36 Å². The maximum Gasteiger partial charge on any atom is 0.260 e. The Balaban J connectivity index is 1.68. The molecular weight excluding hydrogens is 456 g/mol. The quantitative estimate of drug-likeness (QED) is 0.542. The molecule has 178 valence electrons. The van der Waals surface area contributed by atoms with Crippen molar-refractivity contribution in [3.8, 4) is 17.7 Å². The van der Waals surface area contributed by atoms with Crippen molar-refractivity contribution >= 4 is 21.6 Å². The maximum atomic E-state index is 13.4. The Morgan fingerprint density at radius 2 is 1.91 bits per heavy atom. The van der Waals surface area contributed by atoms with Gasteiger partial charge in [0.1, 0.15) is 33.6 Å². The third kappa shape index (κ3) is 4.44. The number of nitriles is 1. The molecule has 0 bridgehead atoms. The Kier molecular flexibility index (Phi) is 6.77.